The van der Waals surface area contributed by atoms with E-state index < -0.39 is 0 Å². The third-order valence-electron chi connectivity index (χ3n) is 6.39. The molecule has 6 heteroatoms. The van der Waals surface area contributed by atoms with Crippen molar-refractivity contribution in [2.24, 2.45) is 7.05 Å². The number of piperidine rings is 1. The van der Waals surface area contributed by atoms with Gasteiger partial charge in [-0.3, -0.25) is 14.4 Å². The van der Waals surface area contributed by atoms with Crippen molar-refractivity contribution in [1.29, 1.82) is 0 Å². The molecule has 4 rings (SSSR count). The van der Waals surface area contributed by atoms with Crippen LogP contribution < -0.4 is 0 Å². The quantitative estimate of drug-likeness (QED) is 0.770. The van der Waals surface area contributed by atoms with E-state index in [0.29, 0.717) is 13.2 Å². The van der Waals surface area contributed by atoms with Crippen LogP contribution in [-0.4, -0.2) is 64.4 Å². The summed E-state index contributed by atoms with van der Waals surface area (Å²) in [4.78, 5) is 17.9. The second-order valence-electron chi connectivity index (χ2n) is 8.17. The molecule has 2 aliphatic heterocycles. The monoisotopic (exact) mass is 382 g/mol. The zero-order valence-corrected chi connectivity index (χ0v) is 16.9. The summed E-state index contributed by atoms with van der Waals surface area (Å²) in [7, 11) is 3.66. The second kappa shape index (κ2) is 8.05. The maximum Gasteiger partial charge on any atom is 0.230 e. The van der Waals surface area contributed by atoms with Crippen molar-refractivity contribution in [3.63, 3.8) is 0 Å². The highest BCUT2D eigenvalue weighted by molar-refractivity contribution is 5.87. The summed E-state index contributed by atoms with van der Waals surface area (Å²) in [6, 6.07) is 10.3. The number of rotatable bonds is 6. The number of carbonyl (C=O) groups excluding carboxylic acids is 1. The highest BCUT2D eigenvalue weighted by Crippen LogP contribution is 2.45. The molecule has 3 heterocycles. The molecule has 2 aromatic rings. The minimum absolute atomic E-state index is 0.0251. The van der Waals surface area contributed by atoms with Gasteiger partial charge in [-0.15, -0.1) is 0 Å². The van der Waals surface area contributed by atoms with E-state index in [1.54, 1.807) is 7.11 Å². The van der Waals surface area contributed by atoms with Crippen LogP contribution in [0.2, 0.25) is 0 Å². The Kier molecular flexibility index (Phi) is 5.51. The van der Waals surface area contributed by atoms with Gasteiger partial charge in [-0.1, -0.05) is 30.3 Å². The van der Waals surface area contributed by atoms with Crippen LogP contribution in [0, 0.1) is 0 Å². The maximum atomic E-state index is 13.3. The Morgan fingerprint density at radius 1 is 1.21 bits per heavy atom. The molecule has 150 valence electrons. The van der Waals surface area contributed by atoms with Gasteiger partial charge in [-0.2, -0.15) is 5.10 Å². The summed E-state index contributed by atoms with van der Waals surface area (Å²) in [5, 5.41) is 4.28. The largest absolute Gasteiger partial charge is 0.383 e. The molecule has 1 atom stereocenters. The van der Waals surface area contributed by atoms with E-state index in [-0.39, 0.29) is 17.4 Å². The molecule has 0 unspecified atom stereocenters. The van der Waals surface area contributed by atoms with Gasteiger partial charge in [0.15, 0.2) is 0 Å². The lowest BCUT2D eigenvalue weighted by Gasteiger charge is -2.45. The molecular weight excluding hydrogens is 352 g/mol. The molecule has 0 radical (unpaired) electrons. The molecular formula is C22H30N4O2. The molecule has 1 amide bonds. The number of amides is 1. The van der Waals surface area contributed by atoms with Gasteiger partial charge in [0, 0.05) is 57.6 Å². The molecule has 0 saturated carbocycles. The Labute approximate surface area is 167 Å². The summed E-state index contributed by atoms with van der Waals surface area (Å²) < 4.78 is 7.17. The number of nitrogens with zero attached hydrogens (tertiary/aromatic N) is 4. The van der Waals surface area contributed by atoms with E-state index >= 15 is 0 Å². The standard InChI is InChI=1S/C22H30N4O2/c1-24-16-18(15-23-24)17-25-10-8-22(9-11-25)14-20(19-6-4-3-5-7-19)21(27)26(22)12-13-28-2/h3-7,15-16,20H,8-14,17H2,1-2H3/t20-/m1/s1. The van der Waals surface area contributed by atoms with Gasteiger partial charge in [0.25, 0.3) is 0 Å². The molecule has 0 bridgehead atoms. The molecule has 0 N–H and O–H groups in total. The minimum atomic E-state index is -0.0401. The molecule has 2 saturated heterocycles. The predicted molar refractivity (Wildman–Crippen MR) is 108 cm³/mol. The number of methoxy groups -OCH3 is 1. The maximum absolute atomic E-state index is 13.3. The van der Waals surface area contributed by atoms with Crippen molar-refractivity contribution < 1.29 is 9.53 Å². The number of aromatic nitrogens is 2. The topological polar surface area (TPSA) is 50.6 Å². The number of hydrogen-bond acceptors (Lipinski definition) is 4. The SMILES string of the molecule is COCCN1C(=O)[C@@H](c2ccccc2)CC12CCN(Cc1cnn(C)c1)CC2. The highest BCUT2D eigenvalue weighted by Gasteiger charge is 2.51. The molecule has 0 aliphatic carbocycles. The molecule has 6 nitrogen and oxygen atoms in total. The smallest absolute Gasteiger partial charge is 0.230 e. The summed E-state index contributed by atoms with van der Waals surface area (Å²) >= 11 is 0. The number of hydrogen-bond donors (Lipinski definition) is 0. The molecule has 2 fully saturated rings. The van der Waals surface area contributed by atoms with Gasteiger partial charge >= 0.3 is 0 Å². The van der Waals surface area contributed by atoms with Gasteiger partial charge < -0.3 is 9.64 Å². The normalized spacial score (nSPS) is 22.3. The van der Waals surface area contributed by atoms with Gasteiger partial charge in [-0.25, -0.2) is 0 Å². The zero-order chi connectivity index (χ0) is 19.6. The van der Waals surface area contributed by atoms with E-state index in [1.807, 2.05) is 36.1 Å². The van der Waals surface area contributed by atoms with Crippen molar-refractivity contribution in [2.45, 2.75) is 37.3 Å². The number of likely N-dealkylation sites (tertiary alicyclic amines) is 2. The van der Waals surface area contributed by atoms with Crippen molar-refractivity contribution in [2.75, 3.05) is 33.4 Å². The van der Waals surface area contributed by atoms with E-state index in [1.165, 1.54) is 5.56 Å². The van der Waals surface area contributed by atoms with Gasteiger partial charge in [0.1, 0.15) is 0 Å². The van der Waals surface area contributed by atoms with Crippen molar-refractivity contribution in [1.82, 2.24) is 19.6 Å². The number of carbonyl (C=O) groups is 1. The van der Waals surface area contributed by atoms with E-state index in [4.69, 9.17) is 4.74 Å². The number of ether oxygens (including phenoxy) is 1. The third kappa shape index (κ3) is 3.71. The van der Waals surface area contributed by atoms with E-state index in [2.05, 4.69) is 33.2 Å². The molecule has 1 aromatic carbocycles. The first-order valence-electron chi connectivity index (χ1n) is 10.2. The van der Waals surface area contributed by atoms with Crippen molar-refractivity contribution in [3.05, 3.63) is 53.9 Å². The second-order valence-corrected chi connectivity index (χ2v) is 8.17. The average Bonchev–Trinajstić information content (AvgIpc) is 3.24. The van der Waals surface area contributed by atoms with Gasteiger partial charge in [0.05, 0.1) is 18.7 Å². The highest BCUT2D eigenvalue weighted by atomic mass is 16.5. The Morgan fingerprint density at radius 2 is 1.96 bits per heavy atom. The fourth-order valence-electron chi connectivity index (χ4n) is 4.89. The molecule has 1 spiro atoms. The summed E-state index contributed by atoms with van der Waals surface area (Å²) in [6.45, 7) is 4.22. The van der Waals surface area contributed by atoms with Crippen LogP contribution in [0.25, 0.3) is 0 Å². The van der Waals surface area contributed by atoms with Crippen LogP contribution in [0.15, 0.2) is 42.7 Å². The van der Waals surface area contributed by atoms with Crippen LogP contribution >= 0.6 is 0 Å². The first-order chi connectivity index (χ1) is 13.6. The van der Waals surface area contributed by atoms with Gasteiger partial charge in [0.2, 0.25) is 5.91 Å². The van der Waals surface area contributed by atoms with Crippen molar-refractivity contribution in [3.8, 4) is 0 Å². The zero-order valence-electron chi connectivity index (χ0n) is 16.9. The van der Waals surface area contributed by atoms with Crippen LogP contribution in [0.5, 0.6) is 0 Å². The first kappa shape index (κ1) is 19.2. The fourth-order valence-corrected chi connectivity index (χ4v) is 4.89. The van der Waals surface area contributed by atoms with E-state index in [0.717, 1.165) is 44.5 Å². The Bertz CT molecular complexity index is 796. The Hall–Kier alpha value is -2.18. The summed E-state index contributed by atoms with van der Waals surface area (Å²) in [5.41, 5.74) is 2.35. The summed E-state index contributed by atoms with van der Waals surface area (Å²) in [6.07, 6.45) is 6.98. The molecule has 2 aliphatic rings. The third-order valence-corrected chi connectivity index (χ3v) is 6.39. The van der Waals surface area contributed by atoms with E-state index in [9.17, 15) is 4.79 Å². The first-order valence-corrected chi connectivity index (χ1v) is 10.2. The van der Waals surface area contributed by atoms with Crippen LogP contribution in [0.3, 0.4) is 0 Å². The number of benzene rings is 1. The molecule has 1 aromatic heterocycles. The minimum Gasteiger partial charge on any atom is -0.383 e. The lowest BCUT2D eigenvalue weighted by Crippen LogP contribution is -2.53. The van der Waals surface area contributed by atoms with Crippen molar-refractivity contribution >= 4 is 5.91 Å². The lowest BCUT2D eigenvalue weighted by atomic mass is 9.81. The Balaban J connectivity index is 1.49. The van der Waals surface area contributed by atoms with Crippen LogP contribution in [-0.2, 0) is 23.1 Å². The fraction of sp³-hybridized carbons (Fsp3) is 0.545. The summed E-state index contributed by atoms with van der Waals surface area (Å²) in [5.74, 6) is 0.242. The van der Waals surface area contributed by atoms with Crippen LogP contribution in [0.1, 0.15) is 36.3 Å². The van der Waals surface area contributed by atoms with Gasteiger partial charge in [-0.05, 0) is 24.8 Å². The molecule has 28 heavy (non-hydrogen) atoms. The predicted octanol–water partition coefficient (Wildman–Crippen LogP) is 2.42. The lowest BCUT2D eigenvalue weighted by molar-refractivity contribution is -0.134. The number of aryl methyl sites for hydroxylation is 1. The average molecular weight is 383 g/mol. The Morgan fingerprint density at radius 3 is 2.61 bits per heavy atom. The van der Waals surface area contributed by atoms with Crippen LogP contribution in [0.4, 0.5) is 0 Å².